The summed E-state index contributed by atoms with van der Waals surface area (Å²) >= 11 is 0. The van der Waals surface area contributed by atoms with E-state index in [9.17, 15) is 31.6 Å². The number of carbonyl (C=O) groups excluding carboxylic acids is 1. The number of nitrogens with one attached hydrogen (secondary N) is 2. The van der Waals surface area contributed by atoms with Crippen molar-refractivity contribution in [3.05, 3.63) is 41.1 Å². The van der Waals surface area contributed by atoms with Gasteiger partial charge in [-0.05, 0) is 43.5 Å². The van der Waals surface area contributed by atoms with E-state index in [1.807, 2.05) is 6.07 Å². The summed E-state index contributed by atoms with van der Waals surface area (Å²) in [5.41, 5.74) is -5.21. The highest BCUT2D eigenvalue weighted by atomic mass is 32.2. The third-order valence-electron chi connectivity index (χ3n) is 3.54. The number of anilines is 1. The molecule has 1 aliphatic heterocycles. The van der Waals surface area contributed by atoms with E-state index in [1.165, 1.54) is 4.72 Å². The van der Waals surface area contributed by atoms with Crippen LogP contribution in [-0.4, -0.2) is 26.3 Å². The summed E-state index contributed by atoms with van der Waals surface area (Å²) in [5.74, 6) is -0.572. The third-order valence-corrected chi connectivity index (χ3v) is 4.65. The maximum atomic E-state index is 12.4. The van der Waals surface area contributed by atoms with Crippen LogP contribution in [0, 0.1) is 11.3 Å². The molecule has 0 bridgehead atoms. The number of sulfonamides is 1. The minimum Gasteiger partial charge on any atom is -0.387 e. The van der Waals surface area contributed by atoms with E-state index < -0.39 is 21.3 Å². The molecule has 1 aromatic rings. The molecule has 0 aromatic heterocycles. The van der Waals surface area contributed by atoms with Crippen molar-refractivity contribution in [1.29, 1.82) is 5.26 Å². The number of carbonyl (C=O) groups is 1. The molecule has 0 saturated carbocycles. The number of ketones is 1. The molecule has 25 heavy (non-hydrogen) atoms. The number of hydrogen-bond donors (Lipinski definition) is 2. The van der Waals surface area contributed by atoms with Gasteiger partial charge in [0.1, 0.15) is 11.6 Å². The summed E-state index contributed by atoms with van der Waals surface area (Å²) in [7, 11) is -5.53. The SMILES string of the molecule is N#C/C(C(=O)c1ccc(NS(=O)(=O)C(F)(F)F)cc1)=C1\CCCCN1. The van der Waals surface area contributed by atoms with Gasteiger partial charge in [-0.3, -0.25) is 9.52 Å². The highest BCUT2D eigenvalue weighted by Gasteiger charge is 2.46. The van der Waals surface area contributed by atoms with Gasteiger partial charge in [0, 0.05) is 23.5 Å². The minimum absolute atomic E-state index is 0.0525. The van der Waals surface area contributed by atoms with E-state index in [4.69, 9.17) is 0 Å². The molecule has 0 atom stereocenters. The number of hydrogen-bond acceptors (Lipinski definition) is 5. The van der Waals surface area contributed by atoms with Gasteiger partial charge in [0.25, 0.3) is 0 Å². The molecule has 0 amide bonds. The van der Waals surface area contributed by atoms with Gasteiger partial charge in [-0.1, -0.05) is 0 Å². The van der Waals surface area contributed by atoms with Crippen LogP contribution in [-0.2, 0) is 10.0 Å². The highest BCUT2D eigenvalue weighted by Crippen LogP contribution is 2.26. The summed E-state index contributed by atoms with van der Waals surface area (Å²) in [5, 5.41) is 12.2. The van der Waals surface area contributed by atoms with Crippen LogP contribution in [0.4, 0.5) is 18.9 Å². The Labute approximate surface area is 142 Å². The second-order valence-electron chi connectivity index (χ2n) is 5.31. The zero-order valence-electron chi connectivity index (χ0n) is 12.9. The lowest BCUT2D eigenvalue weighted by molar-refractivity contribution is -0.0429. The first-order chi connectivity index (χ1) is 11.7. The van der Waals surface area contributed by atoms with Crippen LogP contribution in [0.1, 0.15) is 29.6 Å². The fraction of sp³-hybridized carbons (Fsp3) is 0.333. The predicted molar refractivity (Wildman–Crippen MR) is 83.9 cm³/mol. The lowest BCUT2D eigenvalue weighted by Crippen LogP contribution is -2.29. The minimum atomic E-state index is -5.53. The first kappa shape index (κ1) is 18.8. The fourth-order valence-electron chi connectivity index (χ4n) is 2.27. The molecule has 1 aliphatic rings. The topological polar surface area (TPSA) is 99.1 Å². The van der Waals surface area contributed by atoms with Crippen molar-refractivity contribution in [2.45, 2.75) is 24.8 Å². The first-order valence-corrected chi connectivity index (χ1v) is 8.75. The Hall–Kier alpha value is -2.54. The van der Waals surface area contributed by atoms with Crippen molar-refractivity contribution in [2.24, 2.45) is 0 Å². The third kappa shape index (κ3) is 4.30. The normalized spacial score (nSPS) is 17.2. The number of nitriles is 1. The number of allylic oxidation sites excluding steroid dienone is 2. The molecule has 1 saturated heterocycles. The quantitative estimate of drug-likeness (QED) is 0.480. The maximum Gasteiger partial charge on any atom is 0.516 e. The first-order valence-electron chi connectivity index (χ1n) is 7.26. The van der Waals surface area contributed by atoms with Crippen LogP contribution < -0.4 is 10.0 Å². The van der Waals surface area contributed by atoms with Gasteiger partial charge in [0.05, 0.1) is 0 Å². The zero-order chi connectivity index (χ0) is 18.7. The van der Waals surface area contributed by atoms with E-state index in [2.05, 4.69) is 5.32 Å². The summed E-state index contributed by atoms with van der Waals surface area (Å²) in [4.78, 5) is 12.4. The van der Waals surface area contributed by atoms with Crippen molar-refractivity contribution in [1.82, 2.24) is 5.32 Å². The molecule has 2 rings (SSSR count). The Bertz CT molecular complexity index is 830. The summed E-state index contributed by atoms with van der Waals surface area (Å²) < 4.78 is 60.4. The number of halogens is 3. The van der Waals surface area contributed by atoms with Gasteiger partial charge >= 0.3 is 15.5 Å². The van der Waals surface area contributed by atoms with Crippen molar-refractivity contribution in [3.63, 3.8) is 0 Å². The van der Waals surface area contributed by atoms with E-state index >= 15 is 0 Å². The standard InChI is InChI=1S/C15H14F3N3O3S/c16-15(17,18)25(23,24)21-11-6-4-10(5-7-11)14(22)12(9-19)13-3-1-2-8-20-13/h4-7,20-21H,1-3,8H2/b13-12-. The molecule has 0 unspecified atom stereocenters. The second kappa shape index (κ2) is 7.14. The number of nitrogens with zero attached hydrogens (tertiary/aromatic N) is 1. The number of benzene rings is 1. The molecular weight excluding hydrogens is 359 g/mol. The molecule has 2 N–H and O–H groups in total. The maximum absolute atomic E-state index is 12.4. The summed E-state index contributed by atoms with van der Waals surface area (Å²) in [6.07, 6.45) is 2.35. The number of Topliss-reactive ketones (excluding diaryl/α,β-unsaturated/α-hetero) is 1. The average Bonchev–Trinajstić information content (AvgIpc) is 2.55. The van der Waals surface area contributed by atoms with Crippen LogP contribution in [0.3, 0.4) is 0 Å². The number of rotatable bonds is 4. The van der Waals surface area contributed by atoms with E-state index in [0.717, 1.165) is 37.1 Å². The Kier molecular flexibility index (Phi) is 5.37. The lowest BCUT2D eigenvalue weighted by atomic mass is 9.98. The molecular formula is C15H14F3N3O3S. The molecule has 0 radical (unpaired) electrons. The van der Waals surface area contributed by atoms with Crippen molar-refractivity contribution < 1.29 is 26.4 Å². The van der Waals surface area contributed by atoms with Crippen LogP contribution in [0.2, 0.25) is 0 Å². The molecule has 1 fully saturated rings. The van der Waals surface area contributed by atoms with Crippen LogP contribution >= 0.6 is 0 Å². The van der Waals surface area contributed by atoms with E-state index in [1.54, 1.807) is 0 Å². The fourth-order valence-corrected chi connectivity index (χ4v) is 2.83. The van der Waals surface area contributed by atoms with Gasteiger partial charge < -0.3 is 5.32 Å². The molecule has 1 heterocycles. The van der Waals surface area contributed by atoms with Gasteiger partial charge in [0.15, 0.2) is 0 Å². The van der Waals surface area contributed by atoms with Gasteiger partial charge in [-0.2, -0.15) is 26.9 Å². The van der Waals surface area contributed by atoms with Crippen molar-refractivity contribution in [3.8, 4) is 6.07 Å². The number of alkyl halides is 3. The summed E-state index contributed by atoms with van der Waals surface area (Å²) in [6.45, 7) is 0.659. The smallest absolute Gasteiger partial charge is 0.387 e. The molecule has 1 aromatic carbocycles. The molecule has 134 valence electrons. The molecule has 0 spiro atoms. The average molecular weight is 373 g/mol. The van der Waals surface area contributed by atoms with Crippen LogP contribution in [0.5, 0.6) is 0 Å². The Morgan fingerprint density at radius 1 is 1.20 bits per heavy atom. The predicted octanol–water partition coefficient (Wildman–Crippen LogP) is 2.68. The molecule has 10 heteroatoms. The van der Waals surface area contributed by atoms with Gasteiger partial charge in [0.2, 0.25) is 5.78 Å². The second-order valence-corrected chi connectivity index (χ2v) is 6.98. The monoisotopic (exact) mass is 373 g/mol. The van der Waals surface area contributed by atoms with Crippen molar-refractivity contribution in [2.75, 3.05) is 11.3 Å². The lowest BCUT2D eigenvalue weighted by Gasteiger charge is -2.18. The van der Waals surface area contributed by atoms with Crippen LogP contribution in [0.25, 0.3) is 0 Å². The zero-order valence-corrected chi connectivity index (χ0v) is 13.7. The Balaban J connectivity index is 2.22. The number of piperidine rings is 1. The summed E-state index contributed by atoms with van der Waals surface area (Å²) in [6, 6.07) is 6.24. The Morgan fingerprint density at radius 3 is 2.32 bits per heavy atom. The van der Waals surface area contributed by atoms with E-state index in [0.29, 0.717) is 18.7 Å². The highest BCUT2D eigenvalue weighted by molar-refractivity contribution is 7.93. The van der Waals surface area contributed by atoms with Gasteiger partial charge in [-0.25, -0.2) is 0 Å². The van der Waals surface area contributed by atoms with Crippen molar-refractivity contribution >= 4 is 21.5 Å². The molecule has 6 nitrogen and oxygen atoms in total. The Morgan fingerprint density at radius 2 is 1.84 bits per heavy atom. The largest absolute Gasteiger partial charge is 0.516 e. The van der Waals surface area contributed by atoms with Gasteiger partial charge in [-0.15, -0.1) is 0 Å². The molecule has 0 aliphatic carbocycles. The van der Waals surface area contributed by atoms with E-state index in [-0.39, 0.29) is 16.8 Å². The van der Waals surface area contributed by atoms with Crippen LogP contribution in [0.15, 0.2) is 35.5 Å².